The molecule has 1 atom stereocenters. The summed E-state index contributed by atoms with van der Waals surface area (Å²) in [6.45, 7) is 3.18. The number of carbonyl (C=O) groups excluding carboxylic acids is 1. The van der Waals surface area contributed by atoms with Gasteiger partial charge in [0.15, 0.2) is 16.9 Å². The van der Waals surface area contributed by atoms with Crippen LogP contribution in [0.4, 0.5) is 0 Å². The maximum atomic E-state index is 13.8. The first-order valence-corrected chi connectivity index (χ1v) is 13.9. The summed E-state index contributed by atoms with van der Waals surface area (Å²) >= 11 is 0. The number of para-hydroxylation sites is 1. The van der Waals surface area contributed by atoms with Gasteiger partial charge < -0.3 is 23.5 Å². The van der Waals surface area contributed by atoms with Gasteiger partial charge in [-0.15, -0.1) is 0 Å². The van der Waals surface area contributed by atoms with Crippen molar-refractivity contribution in [2.24, 2.45) is 0 Å². The Bertz CT molecular complexity index is 1540. The quantitative estimate of drug-likeness (QED) is 0.189. The van der Waals surface area contributed by atoms with Crippen LogP contribution in [0.2, 0.25) is 0 Å². The van der Waals surface area contributed by atoms with E-state index in [2.05, 4.69) is 6.92 Å². The van der Waals surface area contributed by atoms with Crippen molar-refractivity contribution in [3.8, 4) is 17.2 Å². The topological polar surface area (TPSA) is 78.2 Å². The van der Waals surface area contributed by atoms with E-state index in [0.29, 0.717) is 47.6 Å². The van der Waals surface area contributed by atoms with E-state index < -0.39 is 6.04 Å². The number of methoxy groups -OCH3 is 2. The average Bonchev–Trinajstić information content (AvgIpc) is 3.27. The summed E-state index contributed by atoms with van der Waals surface area (Å²) in [5.41, 5.74) is 2.38. The summed E-state index contributed by atoms with van der Waals surface area (Å²) in [5.74, 6) is 1.77. The molecule has 7 nitrogen and oxygen atoms in total. The fourth-order valence-electron chi connectivity index (χ4n) is 5.27. The Balaban J connectivity index is 1.51. The molecule has 1 aliphatic rings. The lowest BCUT2D eigenvalue weighted by atomic mass is 9.97. The zero-order valence-corrected chi connectivity index (χ0v) is 23.3. The molecule has 40 heavy (non-hydrogen) atoms. The molecule has 1 aliphatic heterocycles. The van der Waals surface area contributed by atoms with E-state index in [-0.39, 0.29) is 17.1 Å². The van der Waals surface area contributed by atoms with E-state index >= 15 is 0 Å². The minimum atomic E-state index is -0.617. The van der Waals surface area contributed by atoms with Gasteiger partial charge >= 0.3 is 0 Å². The number of amides is 1. The first-order valence-electron chi connectivity index (χ1n) is 13.9. The minimum absolute atomic E-state index is 0.0960. The van der Waals surface area contributed by atoms with Crippen molar-refractivity contribution in [2.45, 2.75) is 45.1 Å². The van der Waals surface area contributed by atoms with Gasteiger partial charge in [-0.2, -0.15) is 0 Å². The summed E-state index contributed by atoms with van der Waals surface area (Å²) in [4.78, 5) is 29.3. The van der Waals surface area contributed by atoms with E-state index in [1.54, 1.807) is 43.4 Å². The van der Waals surface area contributed by atoms with Gasteiger partial charge in [-0.05, 0) is 60.4 Å². The van der Waals surface area contributed by atoms with E-state index in [9.17, 15) is 9.59 Å². The van der Waals surface area contributed by atoms with Crippen LogP contribution < -0.4 is 19.6 Å². The van der Waals surface area contributed by atoms with Crippen molar-refractivity contribution >= 4 is 16.9 Å². The fraction of sp³-hybridized carbons (Fsp3) is 0.333. The van der Waals surface area contributed by atoms with Gasteiger partial charge in [0.05, 0.1) is 37.8 Å². The summed E-state index contributed by atoms with van der Waals surface area (Å²) in [5, 5.41) is 0.454. The molecule has 0 bridgehead atoms. The first kappa shape index (κ1) is 27.3. The molecule has 0 N–H and O–H groups in total. The highest BCUT2D eigenvalue weighted by molar-refractivity contribution is 5.99. The van der Waals surface area contributed by atoms with Gasteiger partial charge in [0.2, 0.25) is 5.76 Å². The SMILES string of the molecule is CCCCCCOc1ccc(C2c3c(oc4ccccc4c3=O)C(=O)N2CCc2ccc(OC)cc2)cc1OC. The molecule has 4 aromatic rings. The van der Waals surface area contributed by atoms with E-state index in [0.717, 1.165) is 36.1 Å². The molecule has 7 heteroatoms. The van der Waals surface area contributed by atoms with Crippen molar-refractivity contribution < 1.29 is 23.4 Å². The maximum Gasteiger partial charge on any atom is 0.290 e. The van der Waals surface area contributed by atoms with Crippen LogP contribution in [0.3, 0.4) is 0 Å². The Hall–Kier alpha value is -4.26. The van der Waals surface area contributed by atoms with Gasteiger partial charge in [-0.3, -0.25) is 9.59 Å². The number of rotatable bonds is 12. The Morgan fingerprint density at radius 3 is 2.42 bits per heavy atom. The second-order valence-corrected chi connectivity index (χ2v) is 9.99. The third-order valence-electron chi connectivity index (χ3n) is 7.43. The summed E-state index contributed by atoms with van der Waals surface area (Å²) in [6, 6.07) is 19.8. The molecule has 0 saturated carbocycles. The van der Waals surface area contributed by atoms with Gasteiger partial charge in [0.1, 0.15) is 11.3 Å². The highest BCUT2D eigenvalue weighted by atomic mass is 16.5. The van der Waals surface area contributed by atoms with Gasteiger partial charge in [0, 0.05) is 6.54 Å². The lowest BCUT2D eigenvalue weighted by Gasteiger charge is -2.26. The van der Waals surface area contributed by atoms with Gasteiger partial charge in [-0.1, -0.05) is 56.5 Å². The number of benzene rings is 3. The lowest BCUT2D eigenvalue weighted by molar-refractivity contribution is 0.0730. The standard InChI is InChI=1S/C33H35NO6/c1-4-5-6-9-20-39-27-17-14-23(21-28(27)38-3)30-29-31(35)25-10-7-8-11-26(25)40-32(29)33(36)34(30)19-18-22-12-15-24(37-2)16-13-22/h7-8,10-17,21,30H,4-6,9,18-20H2,1-3H3. The molecule has 0 spiro atoms. The smallest absolute Gasteiger partial charge is 0.290 e. The molecule has 0 radical (unpaired) electrons. The third-order valence-corrected chi connectivity index (χ3v) is 7.43. The molecule has 1 amide bonds. The summed E-state index contributed by atoms with van der Waals surface area (Å²) < 4.78 is 23.0. The van der Waals surface area contributed by atoms with Crippen LogP contribution in [0.5, 0.6) is 17.2 Å². The Morgan fingerprint density at radius 1 is 0.875 bits per heavy atom. The number of unbranched alkanes of at least 4 members (excludes halogenated alkanes) is 3. The second-order valence-electron chi connectivity index (χ2n) is 9.99. The molecule has 3 aromatic carbocycles. The van der Waals surface area contributed by atoms with Crippen LogP contribution in [0.1, 0.15) is 65.9 Å². The van der Waals surface area contributed by atoms with Gasteiger partial charge in [-0.25, -0.2) is 0 Å². The number of hydrogen-bond donors (Lipinski definition) is 0. The average molecular weight is 542 g/mol. The third kappa shape index (κ3) is 5.41. The van der Waals surface area contributed by atoms with Crippen molar-refractivity contribution in [1.29, 1.82) is 0 Å². The molecule has 208 valence electrons. The van der Waals surface area contributed by atoms with Crippen molar-refractivity contribution in [3.05, 3.63) is 99.4 Å². The van der Waals surface area contributed by atoms with Crippen molar-refractivity contribution in [3.63, 3.8) is 0 Å². The predicted molar refractivity (Wildman–Crippen MR) is 155 cm³/mol. The molecule has 0 saturated heterocycles. The number of ether oxygens (including phenoxy) is 3. The molecular formula is C33H35NO6. The van der Waals surface area contributed by atoms with Crippen LogP contribution in [-0.2, 0) is 6.42 Å². The highest BCUT2D eigenvalue weighted by Crippen LogP contribution is 2.41. The molecular weight excluding hydrogens is 506 g/mol. The molecule has 0 aliphatic carbocycles. The molecule has 2 heterocycles. The molecule has 1 unspecified atom stereocenters. The van der Waals surface area contributed by atoms with Crippen molar-refractivity contribution in [1.82, 2.24) is 4.90 Å². The van der Waals surface area contributed by atoms with Crippen LogP contribution in [0.15, 0.2) is 75.9 Å². The zero-order chi connectivity index (χ0) is 28.1. The Kier molecular flexibility index (Phi) is 8.39. The van der Waals surface area contributed by atoms with E-state index in [4.69, 9.17) is 18.6 Å². The largest absolute Gasteiger partial charge is 0.497 e. The van der Waals surface area contributed by atoms with Crippen molar-refractivity contribution in [2.75, 3.05) is 27.4 Å². The molecule has 0 fully saturated rings. The first-order chi connectivity index (χ1) is 19.5. The Labute approximate surface area is 234 Å². The number of hydrogen-bond acceptors (Lipinski definition) is 6. The van der Waals surface area contributed by atoms with Crippen LogP contribution >= 0.6 is 0 Å². The van der Waals surface area contributed by atoms with Crippen LogP contribution in [0, 0.1) is 0 Å². The maximum absolute atomic E-state index is 13.8. The van der Waals surface area contributed by atoms with E-state index in [1.165, 1.54) is 6.42 Å². The summed E-state index contributed by atoms with van der Waals surface area (Å²) in [6.07, 6.45) is 5.03. The normalized spacial score (nSPS) is 14.4. The fourth-order valence-corrected chi connectivity index (χ4v) is 5.27. The van der Waals surface area contributed by atoms with Crippen LogP contribution in [-0.4, -0.2) is 38.2 Å². The van der Waals surface area contributed by atoms with Gasteiger partial charge in [0.25, 0.3) is 5.91 Å². The zero-order valence-electron chi connectivity index (χ0n) is 23.3. The van der Waals surface area contributed by atoms with Crippen LogP contribution in [0.25, 0.3) is 11.0 Å². The predicted octanol–water partition coefficient (Wildman–Crippen LogP) is 6.56. The second kappa shape index (κ2) is 12.3. The number of carbonyl (C=O) groups is 1. The number of nitrogens with zero attached hydrogens (tertiary/aromatic N) is 1. The highest BCUT2D eigenvalue weighted by Gasteiger charge is 2.42. The van der Waals surface area contributed by atoms with E-state index in [1.807, 2.05) is 42.5 Å². The minimum Gasteiger partial charge on any atom is -0.497 e. The monoisotopic (exact) mass is 541 g/mol. The summed E-state index contributed by atoms with van der Waals surface area (Å²) in [7, 11) is 3.23. The molecule has 1 aromatic heterocycles. The number of fused-ring (bicyclic) bond motifs is 2. The Morgan fingerprint density at radius 2 is 1.68 bits per heavy atom. The lowest BCUT2D eigenvalue weighted by Crippen LogP contribution is -2.31. The molecule has 5 rings (SSSR count).